The minimum absolute atomic E-state index is 0.0278. The second kappa shape index (κ2) is 21.5. The van der Waals surface area contributed by atoms with Crippen molar-refractivity contribution in [1.82, 2.24) is 10.3 Å². The van der Waals surface area contributed by atoms with E-state index in [4.69, 9.17) is 15.2 Å². The lowest BCUT2D eigenvalue weighted by atomic mass is 9.70. The Morgan fingerprint density at radius 2 is 1.84 bits per heavy atom. The molecule has 1 fully saturated rings. The van der Waals surface area contributed by atoms with Gasteiger partial charge in [-0.05, 0) is 111 Å². The highest BCUT2D eigenvalue weighted by molar-refractivity contribution is 8.76. The zero-order valence-corrected chi connectivity index (χ0v) is 36.8. The lowest BCUT2D eigenvalue weighted by molar-refractivity contribution is -0.0645. The number of aliphatic hydroxyl groups excluding tert-OH is 6. The maximum absolute atomic E-state index is 12.3. The van der Waals surface area contributed by atoms with Gasteiger partial charge >= 0.3 is 0 Å². The molecule has 0 spiro atoms. The fraction of sp³-hybridized carbons (Fsp3) is 0.617. The Morgan fingerprint density at radius 3 is 2.59 bits per heavy atom. The molecule has 2 aromatic rings. The summed E-state index contributed by atoms with van der Waals surface area (Å²) in [6.45, 7) is 2.40. The first kappa shape index (κ1) is 45.9. The van der Waals surface area contributed by atoms with Crippen LogP contribution in [0.4, 0.5) is 0 Å². The van der Waals surface area contributed by atoms with Crippen molar-refractivity contribution in [3.05, 3.63) is 82.0 Å². The smallest absolute Gasteiger partial charge is 0.161 e. The van der Waals surface area contributed by atoms with Gasteiger partial charge in [0.25, 0.3) is 0 Å². The number of nitrogens with one attached hydrogen (secondary N) is 2. The third-order valence-electron chi connectivity index (χ3n) is 13.6. The highest BCUT2D eigenvalue weighted by Gasteiger charge is 2.44. The third kappa shape index (κ3) is 10.8. The molecule has 0 radical (unpaired) electrons. The molecule has 2 aliphatic heterocycles. The minimum Gasteiger partial charge on any atom is -0.504 e. The summed E-state index contributed by atoms with van der Waals surface area (Å²) in [4.78, 5) is 3.35. The van der Waals surface area contributed by atoms with Crippen LogP contribution in [0, 0.1) is 47.3 Å². The highest BCUT2D eigenvalue weighted by Crippen LogP contribution is 2.51. The number of hydrogen-bond donors (Lipinski definition) is 10. The van der Waals surface area contributed by atoms with Crippen molar-refractivity contribution >= 4 is 21.6 Å². The molecule has 334 valence electrons. The number of benzene rings is 1. The summed E-state index contributed by atoms with van der Waals surface area (Å²) < 4.78 is 13.1. The monoisotopic (exact) mass is 879 g/mol. The number of phenols is 1. The van der Waals surface area contributed by atoms with Gasteiger partial charge in [-0.25, -0.2) is 0 Å². The number of aromatic hydroxyl groups is 1. The number of ether oxygens (including phenoxy) is 2. The van der Waals surface area contributed by atoms with E-state index in [0.717, 1.165) is 34.4 Å². The molecule has 0 saturated carbocycles. The van der Waals surface area contributed by atoms with Crippen LogP contribution in [0.3, 0.4) is 0 Å². The Bertz CT molecular complexity index is 1930. The Labute approximate surface area is 367 Å². The van der Waals surface area contributed by atoms with Crippen LogP contribution in [0.1, 0.15) is 74.6 Å². The lowest BCUT2D eigenvalue weighted by Crippen LogP contribution is -2.42. The fourth-order valence-corrected chi connectivity index (χ4v) is 12.9. The molecule has 1 saturated heterocycles. The van der Waals surface area contributed by atoms with Crippen molar-refractivity contribution in [2.24, 2.45) is 41.2 Å². The van der Waals surface area contributed by atoms with Gasteiger partial charge in [0.05, 0.1) is 37.6 Å². The number of aliphatic hydroxyl groups is 6. The zero-order chi connectivity index (χ0) is 43.0. The molecule has 7 rings (SSSR count). The molecule has 14 heteroatoms. The van der Waals surface area contributed by atoms with Crippen molar-refractivity contribution in [2.75, 3.05) is 44.5 Å². The summed E-state index contributed by atoms with van der Waals surface area (Å²) in [5.74, 6) is 7.17. The molecule has 1 aromatic heterocycles. The van der Waals surface area contributed by atoms with Crippen LogP contribution >= 0.6 is 21.6 Å². The highest BCUT2D eigenvalue weighted by atomic mass is 33.1. The minimum atomic E-state index is -1.06. The van der Waals surface area contributed by atoms with E-state index in [1.807, 2.05) is 24.4 Å². The SMILES string of the molecule is CCC1Cc2cc(O)c(OC3CC(Cc4ccc[nH]4)C4=CCNC(N)=C4CSSCC(CO)C3O)cc2C2CC(O)C3C(C#CC(CCO)CC(O)CCC3OCCO)C=C12. The maximum atomic E-state index is 12.3. The molecule has 0 amide bonds. The summed E-state index contributed by atoms with van der Waals surface area (Å²) >= 11 is 0. The average Bonchev–Trinajstić information content (AvgIpc) is 3.71. The summed E-state index contributed by atoms with van der Waals surface area (Å²) in [5, 5.41) is 80.7. The predicted molar refractivity (Wildman–Crippen MR) is 239 cm³/mol. The van der Waals surface area contributed by atoms with Crippen molar-refractivity contribution in [3.63, 3.8) is 0 Å². The summed E-state index contributed by atoms with van der Waals surface area (Å²) in [6.07, 6.45) is 7.21. The zero-order valence-electron chi connectivity index (χ0n) is 35.1. The number of rotatable bonds is 11. The molecule has 12 atom stereocenters. The first-order chi connectivity index (χ1) is 29.6. The topological polar surface area (TPSA) is 214 Å². The van der Waals surface area contributed by atoms with Crippen LogP contribution in [0.25, 0.3) is 0 Å². The van der Waals surface area contributed by atoms with E-state index in [2.05, 4.69) is 41.2 Å². The van der Waals surface area contributed by atoms with E-state index < -0.39 is 42.4 Å². The molecule has 3 aliphatic carbocycles. The third-order valence-corrected chi connectivity index (χ3v) is 16.0. The number of dihydropyridines is 1. The Kier molecular flexibility index (Phi) is 16.2. The average molecular weight is 880 g/mol. The molecule has 12 nitrogen and oxygen atoms in total. The van der Waals surface area contributed by atoms with E-state index in [-0.39, 0.29) is 67.5 Å². The molecule has 1 aromatic carbocycles. The number of H-pyrrole nitrogens is 1. The molecule has 11 N–H and O–H groups in total. The number of aromatic nitrogens is 1. The second-order valence-electron chi connectivity index (χ2n) is 17.5. The quantitative estimate of drug-likeness (QED) is 0.0868. The largest absolute Gasteiger partial charge is 0.504 e. The molecule has 12 unspecified atom stereocenters. The van der Waals surface area contributed by atoms with Crippen LogP contribution in [0.5, 0.6) is 11.5 Å². The van der Waals surface area contributed by atoms with Crippen LogP contribution in [0.15, 0.2) is 65.2 Å². The number of aromatic amines is 1. The number of allylic oxidation sites excluding steroid dienone is 3. The van der Waals surface area contributed by atoms with Crippen molar-refractivity contribution in [1.29, 1.82) is 0 Å². The van der Waals surface area contributed by atoms with Crippen LogP contribution in [-0.2, 0) is 17.6 Å². The second-order valence-corrected chi connectivity index (χ2v) is 20.0. The van der Waals surface area contributed by atoms with Gasteiger partial charge in [-0.2, -0.15) is 0 Å². The van der Waals surface area contributed by atoms with Gasteiger partial charge in [0, 0.05) is 78.3 Å². The Morgan fingerprint density at radius 1 is 0.984 bits per heavy atom. The number of phenolic OH excluding ortho intramolecular Hbond substituents is 1. The van der Waals surface area contributed by atoms with Gasteiger partial charge in [0.15, 0.2) is 11.5 Å². The normalized spacial score (nSPS) is 33.4. The molecule has 0 bridgehead atoms. The molecule has 61 heavy (non-hydrogen) atoms. The molecule has 5 aliphatic rings. The van der Waals surface area contributed by atoms with Crippen molar-refractivity contribution in [2.45, 2.75) is 101 Å². The van der Waals surface area contributed by atoms with E-state index in [1.54, 1.807) is 27.7 Å². The standard InChI is InChI=1S/C47H65N3O9S2/c1-2-28-17-30-20-40(55)43(59-44-21-31(18-33-4-3-11-49-33)35-9-12-50-47(48)39(35)26-61-60-25-32(24-53)46(44)57)23-37(30)38-22-41(56)45-29(19-36(28)38)6-5-27(10-13-51)16-34(54)7-8-42(45)58-15-14-52/h3-4,9,11,19-20,23,27-29,31-32,34,38,41-42,44-46,49-57H,2,7-8,10,12-18,21-22,24-26,48H2,1H3. The molecule has 3 heterocycles. The number of hydrogen-bond acceptors (Lipinski definition) is 13. The fourth-order valence-electron chi connectivity index (χ4n) is 10.4. The molecular formula is C47H65N3O9S2. The number of fused-ring (bicyclic) bond motifs is 5. The Balaban J connectivity index is 1.28. The lowest BCUT2D eigenvalue weighted by Gasteiger charge is -2.37. The van der Waals surface area contributed by atoms with Crippen molar-refractivity contribution in [3.8, 4) is 23.3 Å². The van der Waals surface area contributed by atoms with Gasteiger partial charge in [-0.15, -0.1) is 0 Å². The number of nitrogens with two attached hydrogens (primary N) is 1. The first-order valence-corrected chi connectivity index (χ1v) is 24.6. The summed E-state index contributed by atoms with van der Waals surface area (Å²) in [5.41, 5.74) is 12.8. The van der Waals surface area contributed by atoms with E-state index in [1.165, 1.54) is 5.57 Å². The summed E-state index contributed by atoms with van der Waals surface area (Å²) in [7, 11) is 3.23. The molecular weight excluding hydrogens is 815 g/mol. The van der Waals surface area contributed by atoms with Gasteiger partial charge in [-0.3, -0.25) is 0 Å². The maximum Gasteiger partial charge on any atom is 0.161 e. The predicted octanol–water partition coefficient (Wildman–Crippen LogP) is 4.29. The van der Waals surface area contributed by atoms with Gasteiger partial charge in [0.1, 0.15) is 11.9 Å². The van der Waals surface area contributed by atoms with E-state index >= 15 is 0 Å². The Hall–Kier alpha value is -3.10. The van der Waals surface area contributed by atoms with Gasteiger partial charge < -0.3 is 61.3 Å². The summed E-state index contributed by atoms with van der Waals surface area (Å²) in [6, 6.07) is 7.70. The van der Waals surface area contributed by atoms with Crippen LogP contribution < -0.4 is 15.8 Å². The van der Waals surface area contributed by atoms with E-state index in [0.29, 0.717) is 75.2 Å². The van der Waals surface area contributed by atoms with Crippen LogP contribution in [0.2, 0.25) is 0 Å². The first-order valence-electron chi connectivity index (χ1n) is 22.1. The van der Waals surface area contributed by atoms with E-state index in [9.17, 15) is 35.7 Å². The van der Waals surface area contributed by atoms with Crippen LogP contribution in [-0.4, -0.2) is 116 Å². The van der Waals surface area contributed by atoms with Gasteiger partial charge in [0.2, 0.25) is 0 Å². The van der Waals surface area contributed by atoms with Gasteiger partial charge in [-0.1, -0.05) is 58.1 Å². The van der Waals surface area contributed by atoms with Crippen molar-refractivity contribution < 1.29 is 45.2 Å².